The SMILES string of the molecule is Cc1sc2ccccc2c1C1=NCCC1. The molecule has 2 aromatic rings. The van der Waals surface area contributed by atoms with E-state index in [4.69, 9.17) is 0 Å². The van der Waals surface area contributed by atoms with Crippen LogP contribution in [0.1, 0.15) is 23.3 Å². The van der Waals surface area contributed by atoms with Gasteiger partial charge >= 0.3 is 0 Å². The van der Waals surface area contributed by atoms with Gasteiger partial charge in [-0.3, -0.25) is 4.99 Å². The molecule has 0 atom stereocenters. The Morgan fingerprint density at radius 3 is 2.93 bits per heavy atom. The second-order valence-corrected chi connectivity index (χ2v) is 5.22. The van der Waals surface area contributed by atoms with Gasteiger partial charge in [-0.1, -0.05) is 18.2 Å². The highest BCUT2D eigenvalue weighted by atomic mass is 32.1. The highest BCUT2D eigenvalue weighted by Crippen LogP contribution is 2.32. The van der Waals surface area contributed by atoms with E-state index in [1.807, 2.05) is 11.3 Å². The fourth-order valence-corrected chi connectivity index (χ4v) is 3.36. The van der Waals surface area contributed by atoms with E-state index in [2.05, 4.69) is 36.2 Å². The summed E-state index contributed by atoms with van der Waals surface area (Å²) in [7, 11) is 0. The Balaban J connectivity index is 2.28. The smallest absolute Gasteiger partial charge is 0.0438 e. The normalized spacial score (nSPS) is 15.9. The Morgan fingerprint density at radius 1 is 1.27 bits per heavy atom. The number of nitrogens with zero attached hydrogens (tertiary/aromatic N) is 1. The van der Waals surface area contributed by atoms with Crippen molar-refractivity contribution in [3.63, 3.8) is 0 Å². The van der Waals surface area contributed by atoms with Crippen LogP contribution in [0.3, 0.4) is 0 Å². The molecule has 0 amide bonds. The monoisotopic (exact) mass is 215 g/mol. The number of thiophene rings is 1. The molecule has 76 valence electrons. The summed E-state index contributed by atoms with van der Waals surface area (Å²) in [6, 6.07) is 8.65. The Kier molecular flexibility index (Phi) is 2.10. The van der Waals surface area contributed by atoms with Crippen LogP contribution in [0, 0.1) is 6.92 Å². The predicted octanol–water partition coefficient (Wildman–Crippen LogP) is 3.79. The van der Waals surface area contributed by atoms with Crippen molar-refractivity contribution in [2.24, 2.45) is 4.99 Å². The minimum absolute atomic E-state index is 1.01. The number of hydrogen-bond donors (Lipinski definition) is 0. The van der Waals surface area contributed by atoms with Gasteiger partial charge in [-0.25, -0.2) is 0 Å². The summed E-state index contributed by atoms with van der Waals surface area (Å²) in [5.74, 6) is 0. The molecule has 3 rings (SSSR count). The summed E-state index contributed by atoms with van der Waals surface area (Å²) in [5.41, 5.74) is 2.73. The molecule has 1 nitrogen and oxygen atoms in total. The van der Waals surface area contributed by atoms with E-state index in [0.717, 1.165) is 13.0 Å². The van der Waals surface area contributed by atoms with Crippen LogP contribution >= 0.6 is 11.3 Å². The number of hydrogen-bond acceptors (Lipinski definition) is 2. The van der Waals surface area contributed by atoms with Crippen molar-refractivity contribution in [2.75, 3.05) is 6.54 Å². The first-order valence-electron chi connectivity index (χ1n) is 5.38. The van der Waals surface area contributed by atoms with Gasteiger partial charge in [0.15, 0.2) is 0 Å². The van der Waals surface area contributed by atoms with E-state index < -0.39 is 0 Å². The van der Waals surface area contributed by atoms with Crippen molar-refractivity contribution in [3.8, 4) is 0 Å². The van der Waals surface area contributed by atoms with Crippen molar-refractivity contribution in [1.29, 1.82) is 0 Å². The number of rotatable bonds is 1. The minimum atomic E-state index is 1.01. The molecular formula is C13H13NS. The van der Waals surface area contributed by atoms with E-state index in [-0.39, 0.29) is 0 Å². The van der Waals surface area contributed by atoms with Gasteiger partial charge in [-0.15, -0.1) is 11.3 Å². The van der Waals surface area contributed by atoms with Crippen molar-refractivity contribution in [3.05, 3.63) is 34.7 Å². The summed E-state index contributed by atoms with van der Waals surface area (Å²) in [4.78, 5) is 6.03. The standard InChI is InChI=1S/C13H13NS/c1-9-13(11-6-4-8-14-11)10-5-2-3-7-12(10)15-9/h2-3,5,7H,4,6,8H2,1H3. The van der Waals surface area contributed by atoms with Gasteiger partial charge in [-0.2, -0.15) is 0 Å². The molecule has 0 spiro atoms. The van der Waals surface area contributed by atoms with Gasteiger partial charge in [0.05, 0.1) is 0 Å². The van der Waals surface area contributed by atoms with Crippen molar-refractivity contribution in [2.45, 2.75) is 19.8 Å². The maximum atomic E-state index is 4.61. The van der Waals surface area contributed by atoms with E-state index in [1.54, 1.807) is 0 Å². The molecule has 0 saturated heterocycles. The molecule has 0 fully saturated rings. The second-order valence-electron chi connectivity index (χ2n) is 3.96. The first kappa shape index (κ1) is 9.10. The van der Waals surface area contributed by atoms with Gasteiger partial charge in [0, 0.05) is 32.8 Å². The van der Waals surface area contributed by atoms with E-state index in [1.165, 1.54) is 32.7 Å². The maximum absolute atomic E-state index is 4.61. The van der Waals surface area contributed by atoms with Gasteiger partial charge in [0.2, 0.25) is 0 Å². The number of benzene rings is 1. The first-order valence-corrected chi connectivity index (χ1v) is 6.20. The zero-order chi connectivity index (χ0) is 10.3. The summed E-state index contributed by atoms with van der Waals surface area (Å²) < 4.78 is 1.39. The average Bonchev–Trinajstić information content (AvgIpc) is 2.82. The van der Waals surface area contributed by atoms with Crippen molar-refractivity contribution >= 4 is 27.1 Å². The van der Waals surface area contributed by atoms with E-state index in [9.17, 15) is 0 Å². The van der Waals surface area contributed by atoms with Crippen LogP contribution in [0.4, 0.5) is 0 Å². The van der Waals surface area contributed by atoms with Crippen LogP contribution < -0.4 is 0 Å². The number of fused-ring (bicyclic) bond motifs is 1. The van der Waals surface area contributed by atoms with Crippen LogP contribution in [0.5, 0.6) is 0 Å². The zero-order valence-electron chi connectivity index (χ0n) is 8.79. The lowest BCUT2D eigenvalue weighted by molar-refractivity contribution is 0.951. The molecule has 1 aliphatic rings. The van der Waals surface area contributed by atoms with Crippen LogP contribution in [0.15, 0.2) is 29.3 Å². The molecule has 0 saturated carbocycles. The van der Waals surface area contributed by atoms with Gasteiger partial charge in [-0.05, 0) is 25.8 Å². The third-order valence-electron chi connectivity index (χ3n) is 2.93. The summed E-state index contributed by atoms with van der Waals surface area (Å²) in [6.07, 6.45) is 2.38. The molecule has 2 heteroatoms. The third-order valence-corrected chi connectivity index (χ3v) is 4.02. The molecule has 0 bridgehead atoms. The molecule has 0 radical (unpaired) electrons. The average molecular weight is 215 g/mol. The topological polar surface area (TPSA) is 12.4 Å². The largest absolute Gasteiger partial charge is 0.289 e. The van der Waals surface area contributed by atoms with Crippen LogP contribution in [-0.4, -0.2) is 12.3 Å². The molecular weight excluding hydrogens is 202 g/mol. The van der Waals surface area contributed by atoms with Gasteiger partial charge in [0.1, 0.15) is 0 Å². The third kappa shape index (κ3) is 1.40. The molecule has 0 aliphatic carbocycles. The van der Waals surface area contributed by atoms with Crippen LogP contribution in [0.25, 0.3) is 10.1 Å². The molecule has 1 aromatic heterocycles. The van der Waals surface area contributed by atoms with Gasteiger partial charge < -0.3 is 0 Å². The zero-order valence-corrected chi connectivity index (χ0v) is 9.60. The molecule has 1 aliphatic heterocycles. The number of aryl methyl sites for hydroxylation is 1. The van der Waals surface area contributed by atoms with Crippen molar-refractivity contribution < 1.29 is 0 Å². The minimum Gasteiger partial charge on any atom is -0.289 e. The van der Waals surface area contributed by atoms with Gasteiger partial charge in [0.25, 0.3) is 0 Å². The van der Waals surface area contributed by atoms with Crippen molar-refractivity contribution in [1.82, 2.24) is 0 Å². The van der Waals surface area contributed by atoms with Crippen LogP contribution in [0.2, 0.25) is 0 Å². The van der Waals surface area contributed by atoms with E-state index in [0.29, 0.717) is 0 Å². The highest BCUT2D eigenvalue weighted by molar-refractivity contribution is 7.19. The number of aliphatic imine (C=N–C) groups is 1. The quantitative estimate of drug-likeness (QED) is 0.686. The fourth-order valence-electron chi connectivity index (χ4n) is 2.27. The Hall–Kier alpha value is -1.15. The molecule has 15 heavy (non-hydrogen) atoms. The van der Waals surface area contributed by atoms with E-state index >= 15 is 0 Å². The Morgan fingerprint density at radius 2 is 2.13 bits per heavy atom. The molecule has 1 aromatic carbocycles. The molecule has 2 heterocycles. The lowest BCUT2D eigenvalue weighted by Gasteiger charge is -2.00. The molecule has 0 unspecified atom stereocenters. The highest BCUT2D eigenvalue weighted by Gasteiger charge is 2.16. The fraction of sp³-hybridized carbons (Fsp3) is 0.308. The predicted molar refractivity (Wildman–Crippen MR) is 67.2 cm³/mol. The summed E-state index contributed by atoms with van der Waals surface area (Å²) >= 11 is 1.88. The summed E-state index contributed by atoms with van der Waals surface area (Å²) in [6.45, 7) is 3.22. The Bertz CT molecular complexity index is 536. The van der Waals surface area contributed by atoms with Crippen LogP contribution in [-0.2, 0) is 0 Å². The lowest BCUT2D eigenvalue weighted by atomic mass is 10.0. The lowest BCUT2D eigenvalue weighted by Crippen LogP contribution is -1.96. The second kappa shape index (κ2) is 3.46. The summed E-state index contributed by atoms with van der Waals surface area (Å²) in [5, 5.41) is 1.39. The molecule has 0 N–H and O–H groups in total. The Labute approximate surface area is 93.5 Å². The first-order chi connectivity index (χ1) is 7.36. The maximum Gasteiger partial charge on any atom is 0.0438 e.